The van der Waals surface area contributed by atoms with E-state index in [1.54, 1.807) is 0 Å². The van der Waals surface area contributed by atoms with Crippen molar-refractivity contribution in [1.29, 1.82) is 0 Å². The summed E-state index contributed by atoms with van der Waals surface area (Å²) in [5, 5.41) is 10.5. The van der Waals surface area contributed by atoms with Crippen molar-refractivity contribution in [2.45, 2.75) is 46.3 Å². The Balaban J connectivity index is 2.33. The highest BCUT2D eigenvalue weighted by molar-refractivity contribution is 5.39. The van der Waals surface area contributed by atoms with Crippen molar-refractivity contribution in [3.05, 3.63) is 34.4 Å². The topological polar surface area (TPSA) is 29.5 Å². The molecule has 94 valence electrons. The van der Waals surface area contributed by atoms with Gasteiger partial charge in [-0.1, -0.05) is 24.6 Å². The molecule has 1 fully saturated rings. The summed E-state index contributed by atoms with van der Waals surface area (Å²) in [6, 6.07) is 4.26. The zero-order valence-corrected chi connectivity index (χ0v) is 11.2. The molecule has 1 saturated heterocycles. The summed E-state index contributed by atoms with van der Waals surface area (Å²) in [5.41, 5.74) is 4.63. The van der Waals surface area contributed by atoms with Gasteiger partial charge >= 0.3 is 0 Å². The number of aliphatic hydroxyl groups excluding tert-OH is 1. The fraction of sp³-hybridized carbons (Fsp3) is 0.600. The van der Waals surface area contributed by atoms with Crippen LogP contribution in [-0.4, -0.2) is 17.8 Å². The van der Waals surface area contributed by atoms with Crippen molar-refractivity contribution in [3.8, 4) is 0 Å². The van der Waals surface area contributed by atoms with E-state index in [0.29, 0.717) is 5.92 Å². The molecule has 3 unspecified atom stereocenters. The van der Waals surface area contributed by atoms with Crippen LogP contribution in [0, 0.1) is 26.7 Å². The number of aryl methyl sites for hydroxylation is 3. The number of hydrogen-bond donors (Lipinski definition) is 1. The van der Waals surface area contributed by atoms with Crippen molar-refractivity contribution in [2.24, 2.45) is 5.92 Å². The molecule has 1 aromatic rings. The summed E-state index contributed by atoms with van der Waals surface area (Å²) in [4.78, 5) is 0. The Bertz CT molecular complexity index is 388. The summed E-state index contributed by atoms with van der Waals surface area (Å²) in [5.74, 6) is 0.435. The lowest BCUT2D eigenvalue weighted by Crippen LogP contribution is -2.24. The fourth-order valence-electron chi connectivity index (χ4n) is 2.94. The number of rotatable bonds is 2. The average Bonchev–Trinajstić information content (AvgIpc) is 2.62. The molecule has 1 heterocycles. The lowest BCUT2D eigenvalue weighted by molar-refractivity contribution is -0.0183. The van der Waals surface area contributed by atoms with Gasteiger partial charge in [-0.3, -0.25) is 0 Å². The molecule has 0 radical (unpaired) electrons. The van der Waals surface area contributed by atoms with E-state index < -0.39 is 6.10 Å². The molecule has 0 aliphatic carbocycles. The first kappa shape index (κ1) is 12.6. The fourth-order valence-corrected chi connectivity index (χ4v) is 2.94. The van der Waals surface area contributed by atoms with Gasteiger partial charge < -0.3 is 9.84 Å². The smallest absolute Gasteiger partial charge is 0.106 e. The zero-order valence-electron chi connectivity index (χ0n) is 11.2. The molecule has 0 aromatic heterocycles. The number of aliphatic hydroxyl groups is 1. The SMILES string of the molecule is Cc1cc(C)c(C(O)C2OCCC2C)c(C)c1. The van der Waals surface area contributed by atoms with Gasteiger partial charge in [0.25, 0.3) is 0 Å². The van der Waals surface area contributed by atoms with Crippen LogP contribution in [0.2, 0.25) is 0 Å². The third kappa shape index (κ3) is 2.38. The lowest BCUT2D eigenvalue weighted by atomic mass is 9.89. The van der Waals surface area contributed by atoms with Crippen molar-refractivity contribution in [1.82, 2.24) is 0 Å². The van der Waals surface area contributed by atoms with Gasteiger partial charge in [-0.2, -0.15) is 0 Å². The second-order valence-electron chi connectivity index (χ2n) is 5.36. The Morgan fingerprint density at radius 2 is 1.82 bits per heavy atom. The second-order valence-corrected chi connectivity index (χ2v) is 5.36. The molecule has 1 aliphatic rings. The first-order valence-corrected chi connectivity index (χ1v) is 6.38. The predicted octanol–water partition coefficient (Wildman–Crippen LogP) is 3.07. The molecular weight excluding hydrogens is 212 g/mol. The second kappa shape index (κ2) is 4.79. The van der Waals surface area contributed by atoms with Gasteiger partial charge in [-0.15, -0.1) is 0 Å². The van der Waals surface area contributed by atoms with Crippen LogP contribution >= 0.6 is 0 Å². The molecule has 0 saturated carbocycles. The maximum Gasteiger partial charge on any atom is 0.106 e. The highest BCUT2D eigenvalue weighted by atomic mass is 16.5. The van der Waals surface area contributed by atoms with E-state index in [2.05, 4.69) is 39.8 Å². The minimum Gasteiger partial charge on any atom is -0.386 e. The molecule has 1 aliphatic heterocycles. The Kier molecular flexibility index (Phi) is 3.55. The maximum absolute atomic E-state index is 10.5. The van der Waals surface area contributed by atoms with Crippen LogP contribution in [0.3, 0.4) is 0 Å². The standard InChI is InChI=1S/C15H22O2/c1-9-7-11(3)13(12(4)8-9)14(16)15-10(2)5-6-17-15/h7-8,10,14-16H,5-6H2,1-4H3. The van der Waals surface area contributed by atoms with Crippen LogP contribution in [0.4, 0.5) is 0 Å². The van der Waals surface area contributed by atoms with E-state index in [-0.39, 0.29) is 6.10 Å². The Hall–Kier alpha value is -0.860. The Morgan fingerprint density at radius 1 is 1.24 bits per heavy atom. The van der Waals surface area contributed by atoms with Gasteiger partial charge in [0.1, 0.15) is 6.10 Å². The third-order valence-corrected chi connectivity index (χ3v) is 3.79. The van der Waals surface area contributed by atoms with Gasteiger partial charge in [0, 0.05) is 6.61 Å². The molecular formula is C15H22O2. The molecule has 1 aromatic carbocycles. The Labute approximate surface area is 104 Å². The predicted molar refractivity (Wildman–Crippen MR) is 69.1 cm³/mol. The van der Waals surface area contributed by atoms with E-state index in [1.165, 1.54) is 5.56 Å². The number of hydrogen-bond acceptors (Lipinski definition) is 2. The molecule has 17 heavy (non-hydrogen) atoms. The van der Waals surface area contributed by atoms with Crippen LogP contribution in [0.15, 0.2) is 12.1 Å². The first-order valence-electron chi connectivity index (χ1n) is 6.38. The molecule has 1 N–H and O–H groups in total. The number of ether oxygens (including phenoxy) is 1. The van der Waals surface area contributed by atoms with Crippen LogP contribution in [0.5, 0.6) is 0 Å². The van der Waals surface area contributed by atoms with Crippen molar-refractivity contribution in [2.75, 3.05) is 6.61 Å². The van der Waals surface area contributed by atoms with Crippen LogP contribution in [0.1, 0.15) is 41.7 Å². The van der Waals surface area contributed by atoms with Gasteiger partial charge in [-0.05, 0) is 49.8 Å². The number of benzene rings is 1. The van der Waals surface area contributed by atoms with E-state index in [9.17, 15) is 5.11 Å². The largest absolute Gasteiger partial charge is 0.386 e. The quantitative estimate of drug-likeness (QED) is 0.852. The van der Waals surface area contributed by atoms with E-state index in [4.69, 9.17) is 4.74 Å². The van der Waals surface area contributed by atoms with Gasteiger partial charge in [0.15, 0.2) is 0 Å². The van der Waals surface area contributed by atoms with Gasteiger partial charge in [0.05, 0.1) is 6.10 Å². The molecule has 2 nitrogen and oxygen atoms in total. The summed E-state index contributed by atoms with van der Waals surface area (Å²) in [7, 11) is 0. The van der Waals surface area contributed by atoms with Gasteiger partial charge in [0.2, 0.25) is 0 Å². The summed E-state index contributed by atoms with van der Waals surface area (Å²) >= 11 is 0. The van der Waals surface area contributed by atoms with Crippen LogP contribution < -0.4 is 0 Å². The van der Waals surface area contributed by atoms with Crippen LogP contribution in [-0.2, 0) is 4.74 Å². The lowest BCUT2D eigenvalue weighted by Gasteiger charge is -2.25. The average molecular weight is 234 g/mol. The normalized spacial score (nSPS) is 26.2. The molecule has 0 bridgehead atoms. The monoisotopic (exact) mass is 234 g/mol. The zero-order chi connectivity index (χ0) is 12.6. The highest BCUT2D eigenvalue weighted by Crippen LogP contribution is 2.34. The summed E-state index contributed by atoms with van der Waals surface area (Å²) < 4.78 is 5.67. The maximum atomic E-state index is 10.5. The molecule has 2 rings (SSSR count). The van der Waals surface area contributed by atoms with Crippen molar-refractivity contribution < 1.29 is 9.84 Å². The first-order chi connectivity index (χ1) is 8.00. The van der Waals surface area contributed by atoms with Crippen molar-refractivity contribution in [3.63, 3.8) is 0 Å². The third-order valence-electron chi connectivity index (χ3n) is 3.79. The van der Waals surface area contributed by atoms with E-state index in [1.807, 2.05) is 0 Å². The van der Waals surface area contributed by atoms with Crippen LogP contribution in [0.25, 0.3) is 0 Å². The van der Waals surface area contributed by atoms with E-state index >= 15 is 0 Å². The van der Waals surface area contributed by atoms with Crippen molar-refractivity contribution >= 4 is 0 Å². The molecule has 0 amide bonds. The molecule has 2 heteroatoms. The van der Waals surface area contributed by atoms with E-state index in [0.717, 1.165) is 29.7 Å². The summed E-state index contributed by atoms with van der Waals surface area (Å²) in [6.45, 7) is 9.15. The Morgan fingerprint density at radius 3 is 2.29 bits per heavy atom. The molecule has 0 spiro atoms. The minimum absolute atomic E-state index is 0.0462. The van der Waals surface area contributed by atoms with Gasteiger partial charge in [-0.25, -0.2) is 0 Å². The minimum atomic E-state index is -0.493. The summed E-state index contributed by atoms with van der Waals surface area (Å²) in [6.07, 6.45) is 0.509. The highest BCUT2D eigenvalue weighted by Gasteiger charge is 2.33. The molecule has 3 atom stereocenters.